The molecule has 2 rings (SSSR count). The highest BCUT2D eigenvalue weighted by molar-refractivity contribution is 5.88. The van der Waals surface area contributed by atoms with Crippen LogP contribution in [0.3, 0.4) is 0 Å². The molecular formula is C15H16N4O2. The van der Waals surface area contributed by atoms with E-state index in [9.17, 15) is 4.79 Å². The fraction of sp³-hybridized carbons (Fsp3) is 0.133. The van der Waals surface area contributed by atoms with Crippen LogP contribution in [0.2, 0.25) is 0 Å². The van der Waals surface area contributed by atoms with Crippen molar-refractivity contribution in [2.24, 2.45) is 0 Å². The Bertz CT molecular complexity index is 653. The molecule has 0 spiro atoms. The van der Waals surface area contributed by atoms with Crippen LogP contribution in [0.4, 0.5) is 17.3 Å². The molecule has 108 valence electrons. The van der Waals surface area contributed by atoms with Gasteiger partial charge in [-0.05, 0) is 31.2 Å². The van der Waals surface area contributed by atoms with E-state index in [1.807, 2.05) is 0 Å². The van der Waals surface area contributed by atoms with Crippen molar-refractivity contribution in [1.82, 2.24) is 9.97 Å². The van der Waals surface area contributed by atoms with E-state index in [4.69, 9.17) is 5.11 Å². The lowest BCUT2D eigenvalue weighted by Crippen LogP contribution is -2.04. The smallest absolute Gasteiger partial charge is 0.335 e. The summed E-state index contributed by atoms with van der Waals surface area (Å²) in [5.41, 5.74) is 1.00. The second-order valence-electron chi connectivity index (χ2n) is 4.36. The second kappa shape index (κ2) is 6.51. The monoisotopic (exact) mass is 284 g/mol. The number of aryl methyl sites for hydroxylation is 1. The number of hydrogen-bond donors (Lipinski definition) is 3. The molecule has 0 bridgehead atoms. The molecule has 21 heavy (non-hydrogen) atoms. The summed E-state index contributed by atoms with van der Waals surface area (Å²) in [6.45, 7) is 6.06. The lowest BCUT2D eigenvalue weighted by molar-refractivity contribution is 0.0697. The average Bonchev–Trinajstić information content (AvgIpc) is 2.45. The fourth-order valence-corrected chi connectivity index (χ4v) is 1.74. The van der Waals surface area contributed by atoms with Gasteiger partial charge in [0.1, 0.15) is 17.5 Å². The second-order valence-corrected chi connectivity index (χ2v) is 4.36. The summed E-state index contributed by atoms with van der Waals surface area (Å²) < 4.78 is 0. The molecule has 6 heteroatoms. The molecule has 0 aliphatic carbocycles. The molecule has 0 unspecified atom stereocenters. The molecule has 0 radical (unpaired) electrons. The van der Waals surface area contributed by atoms with Gasteiger partial charge in [-0.3, -0.25) is 0 Å². The van der Waals surface area contributed by atoms with Crippen LogP contribution < -0.4 is 10.6 Å². The number of aromatic nitrogens is 2. The number of hydrogen-bond acceptors (Lipinski definition) is 5. The normalized spacial score (nSPS) is 9.95. The van der Waals surface area contributed by atoms with E-state index in [2.05, 4.69) is 27.2 Å². The number of carbonyl (C=O) groups is 1. The molecule has 0 fully saturated rings. The summed E-state index contributed by atoms with van der Waals surface area (Å²) in [5.74, 6) is 1.02. The molecule has 0 aliphatic rings. The molecule has 1 aromatic heterocycles. The highest BCUT2D eigenvalue weighted by atomic mass is 16.4. The molecule has 3 N–H and O–H groups in total. The van der Waals surface area contributed by atoms with E-state index in [0.717, 1.165) is 5.69 Å². The van der Waals surface area contributed by atoms with Crippen molar-refractivity contribution in [3.8, 4) is 0 Å². The van der Waals surface area contributed by atoms with Gasteiger partial charge in [-0.25, -0.2) is 14.8 Å². The van der Waals surface area contributed by atoms with Crippen LogP contribution in [-0.4, -0.2) is 27.6 Å². The molecule has 0 saturated carbocycles. The first-order valence-corrected chi connectivity index (χ1v) is 6.39. The lowest BCUT2D eigenvalue weighted by atomic mass is 10.2. The van der Waals surface area contributed by atoms with Crippen LogP contribution in [0.15, 0.2) is 43.0 Å². The van der Waals surface area contributed by atoms with Gasteiger partial charge in [0.05, 0.1) is 5.56 Å². The number of carboxylic acid groups (broad SMARTS) is 1. The van der Waals surface area contributed by atoms with Crippen LogP contribution >= 0.6 is 0 Å². The first-order valence-electron chi connectivity index (χ1n) is 6.39. The number of aromatic carboxylic acids is 1. The zero-order chi connectivity index (χ0) is 15.2. The summed E-state index contributed by atoms with van der Waals surface area (Å²) >= 11 is 0. The Morgan fingerprint density at radius 2 is 1.95 bits per heavy atom. The molecular weight excluding hydrogens is 268 g/mol. The number of carboxylic acids is 1. The third-order valence-electron chi connectivity index (χ3n) is 2.67. The maximum atomic E-state index is 10.8. The van der Waals surface area contributed by atoms with Gasteiger partial charge in [-0.15, -0.1) is 6.58 Å². The van der Waals surface area contributed by atoms with Crippen LogP contribution in [0.5, 0.6) is 0 Å². The number of rotatable bonds is 6. The Kier molecular flexibility index (Phi) is 4.50. The van der Waals surface area contributed by atoms with Gasteiger partial charge in [0.15, 0.2) is 0 Å². The largest absolute Gasteiger partial charge is 0.478 e. The quantitative estimate of drug-likeness (QED) is 0.707. The minimum atomic E-state index is -0.949. The minimum Gasteiger partial charge on any atom is -0.478 e. The average molecular weight is 284 g/mol. The predicted molar refractivity (Wildman–Crippen MR) is 82.1 cm³/mol. The predicted octanol–water partition coefficient (Wildman–Crippen LogP) is 2.82. The molecule has 6 nitrogen and oxygen atoms in total. The van der Waals surface area contributed by atoms with E-state index in [1.165, 1.54) is 12.1 Å². The van der Waals surface area contributed by atoms with Crippen LogP contribution in [0, 0.1) is 6.92 Å². The van der Waals surface area contributed by atoms with E-state index in [0.29, 0.717) is 24.0 Å². The van der Waals surface area contributed by atoms with Gasteiger partial charge < -0.3 is 15.7 Å². The Morgan fingerprint density at radius 1 is 1.29 bits per heavy atom. The topological polar surface area (TPSA) is 87.1 Å². The van der Waals surface area contributed by atoms with Gasteiger partial charge >= 0.3 is 5.97 Å². The minimum absolute atomic E-state index is 0.243. The van der Waals surface area contributed by atoms with E-state index in [-0.39, 0.29) is 5.56 Å². The number of anilines is 3. The maximum Gasteiger partial charge on any atom is 0.335 e. The maximum absolute atomic E-state index is 10.8. The van der Waals surface area contributed by atoms with Crippen molar-refractivity contribution in [2.75, 3.05) is 17.2 Å². The number of benzene rings is 1. The third-order valence-corrected chi connectivity index (χ3v) is 2.67. The standard InChI is InChI=1S/C15H16N4O2/c1-3-8-16-13-9-14(18-10(2)17-13)19-12-6-4-11(5-7-12)15(20)21/h3-7,9H,1,8H2,2H3,(H,20,21)(H2,16,17,18,19). The Morgan fingerprint density at radius 3 is 2.57 bits per heavy atom. The molecule has 0 saturated heterocycles. The summed E-state index contributed by atoms with van der Waals surface area (Å²) in [5, 5.41) is 15.1. The van der Waals surface area contributed by atoms with Crippen LogP contribution in [0.1, 0.15) is 16.2 Å². The van der Waals surface area contributed by atoms with Gasteiger partial charge in [0.2, 0.25) is 0 Å². The lowest BCUT2D eigenvalue weighted by Gasteiger charge is -2.09. The summed E-state index contributed by atoms with van der Waals surface area (Å²) in [6.07, 6.45) is 1.75. The van der Waals surface area contributed by atoms with E-state index in [1.54, 1.807) is 31.2 Å². The zero-order valence-corrected chi connectivity index (χ0v) is 11.6. The molecule has 0 atom stereocenters. The van der Waals surface area contributed by atoms with Crippen molar-refractivity contribution >= 4 is 23.3 Å². The highest BCUT2D eigenvalue weighted by Crippen LogP contribution is 2.18. The molecule has 2 aromatic rings. The third kappa shape index (κ3) is 4.04. The van der Waals surface area contributed by atoms with Gasteiger partial charge in [-0.1, -0.05) is 6.08 Å². The van der Waals surface area contributed by atoms with Crippen molar-refractivity contribution in [1.29, 1.82) is 0 Å². The number of nitrogens with one attached hydrogen (secondary N) is 2. The van der Waals surface area contributed by atoms with Gasteiger partial charge in [0, 0.05) is 18.3 Å². The van der Waals surface area contributed by atoms with Crippen LogP contribution in [-0.2, 0) is 0 Å². The van der Waals surface area contributed by atoms with Crippen molar-refractivity contribution in [3.63, 3.8) is 0 Å². The summed E-state index contributed by atoms with van der Waals surface area (Å²) in [6, 6.07) is 8.24. The first-order chi connectivity index (χ1) is 10.1. The van der Waals surface area contributed by atoms with Gasteiger partial charge in [0.25, 0.3) is 0 Å². The molecule has 1 aromatic carbocycles. The Hall–Kier alpha value is -2.89. The van der Waals surface area contributed by atoms with Gasteiger partial charge in [-0.2, -0.15) is 0 Å². The SMILES string of the molecule is C=CCNc1cc(Nc2ccc(C(=O)O)cc2)nc(C)n1. The number of nitrogens with zero attached hydrogens (tertiary/aromatic N) is 2. The first kappa shape index (κ1) is 14.5. The molecule has 0 aliphatic heterocycles. The molecule has 0 amide bonds. The van der Waals surface area contributed by atoms with Crippen molar-refractivity contribution < 1.29 is 9.90 Å². The van der Waals surface area contributed by atoms with Crippen molar-refractivity contribution in [3.05, 3.63) is 54.4 Å². The highest BCUT2D eigenvalue weighted by Gasteiger charge is 2.04. The van der Waals surface area contributed by atoms with Crippen molar-refractivity contribution in [2.45, 2.75) is 6.92 Å². The summed E-state index contributed by atoms with van der Waals surface area (Å²) in [4.78, 5) is 19.4. The summed E-state index contributed by atoms with van der Waals surface area (Å²) in [7, 11) is 0. The van der Waals surface area contributed by atoms with E-state index >= 15 is 0 Å². The molecule has 1 heterocycles. The van der Waals surface area contributed by atoms with E-state index < -0.39 is 5.97 Å². The Labute approximate surface area is 122 Å². The zero-order valence-electron chi connectivity index (χ0n) is 11.6. The fourth-order valence-electron chi connectivity index (χ4n) is 1.74. The van der Waals surface area contributed by atoms with Crippen LogP contribution in [0.25, 0.3) is 0 Å². The Balaban J connectivity index is 2.16.